The lowest BCUT2D eigenvalue weighted by Crippen LogP contribution is -2.30. The van der Waals surface area contributed by atoms with E-state index in [4.69, 9.17) is 11.6 Å². The molecule has 2 atom stereocenters. The first-order valence-electron chi connectivity index (χ1n) is 7.53. The average molecular weight is 350 g/mol. The summed E-state index contributed by atoms with van der Waals surface area (Å²) in [5.74, 6) is -1.45. The van der Waals surface area contributed by atoms with Crippen LogP contribution < -0.4 is 0 Å². The van der Waals surface area contributed by atoms with Crippen LogP contribution in [0, 0.1) is 5.92 Å². The summed E-state index contributed by atoms with van der Waals surface area (Å²) in [5, 5.41) is 15.9. The molecule has 0 aromatic carbocycles. The van der Waals surface area contributed by atoms with Crippen molar-refractivity contribution in [1.82, 2.24) is 25.1 Å². The van der Waals surface area contributed by atoms with E-state index in [1.165, 1.54) is 0 Å². The van der Waals surface area contributed by atoms with Crippen LogP contribution in [0.4, 0.5) is 0 Å². The van der Waals surface area contributed by atoms with E-state index < -0.39 is 11.9 Å². The number of H-pyrrole nitrogens is 1. The van der Waals surface area contributed by atoms with Crippen molar-refractivity contribution in [3.63, 3.8) is 0 Å². The van der Waals surface area contributed by atoms with Crippen LogP contribution >= 0.6 is 11.6 Å². The van der Waals surface area contributed by atoms with Gasteiger partial charge in [0.2, 0.25) is 11.2 Å². The highest BCUT2D eigenvalue weighted by Crippen LogP contribution is 2.32. The minimum atomic E-state index is -0.914. The molecule has 1 fully saturated rings. The predicted octanol–water partition coefficient (Wildman–Crippen LogP) is 1.11. The number of nitrogens with zero attached hydrogens (tertiary/aromatic N) is 4. The van der Waals surface area contributed by atoms with E-state index in [-0.39, 0.29) is 30.1 Å². The Hall–Kier alpha value is -2.48. The van der Waals surface area contributed by atoms with E-state index in [9.17, 15) is 14.7 Å². The number of aliphatic carboxylic acids is 1. The number of aryl methyl sites for hydroxylation is 1. The summed E-state index contributed by atoms with van der Waals surface area (Å²) in [6, 6.07) is 5.39. The van der Waals surface area contributed by atoms with Gasteiger partial charge in [-0.2, -0.15) is 0 Å². The van der Waals surface area contributed by atoms with Crippen molar-refractivity contribution >= 4 is 23.5 Å². The molecule has 2 N–H and O–H groups in total. The number of pyridine rings is 1. The first-order valence-corrected chi connectivity index (χ1v) is 7.90. The summed E-state index contributed by atoms with van der Waals surface area (Å²) >= 11 is 5.62. The van der Waals surface area contributed by atoms with Gasteiger partial charge in [-0.3, -0.25) is 19.7 Å². The molecular weight excluding hydrogens is 334 g/mol. The number of amides is 1. The number of rotatable bonds is 5. The second kappa shape index (κ2) is 6.96. The molecule has 1 aliphatic rings. The molecule has 1 aliphatic heterocycles. The van der Waals surface area contributed by atoms with Crippen LogP contribution in [0.25, 0.3) is 0 Å². The molecule has 8 nitrogen and oxygen atoms in total. The molecule has 1 saturated heterocycles. The van der Waals surface area contributed by atoms with Gasteiger partial charge in [-0.25, -0.2) is 4.98 Å². The summed E-state index contributed by atoms with van der Waals surface area (Å²) in [4.78, 5) is 33.7. The van der Waals surface area contributed by atoms with Gasteiger partial charge in [-0.05, 0) is 23.7 Å². The standard InChI is InChI=1S/C15H16ClN5O3/c16-15-18-12(19-20-15)4-5-13(22)21-7-9(10(8-21)14(23)24)11-3-1-2-6-17-11/h1-3,6,9-10H,4-5,7-8H2,(H,23,24)(H,18,19,20)/t9-,10-/m1/s1. The molecule has 2 aromatic heterocycles. The van der Waals surface area contributed by atoms with Gasteiger partial charge in [0.15, 0.2) is 0 Å². The Morgan fingerprint density at radius 1 is 1.38 bits per heavy atom. The maximum atomic E-state index is 12.4. The smallest absolute Gasteiger partial charge is 0.309 e. The molecule has 0 unspecified atom stereocenters. The van der Waals surface area contributed by atoms with E-state index in [2.05, 4.69) is 20.2 Å². The second-order valence-corrected chi connectivity index (χ2v) is 5.99. The Kier molecular flexibility index (Phi) is 4.75. The maximum absolute atomic E-state index is 12.4. The van der Waals surface area contributed by atoms with Gasteiger partial charge in [-0.15, -0.1) is 5.10 Å². The Labute approximate surface area is 142 Å². The number of carbonyl (C=O) groups excluding carboxylic acids is 1. The Bertz CT molecular complexity index is 736. The quantitative estimate of drug-likeness (QED) is 0.836. The van der Waals surface area contributed by atoms with Crippen molar-refractivity contribution in [2.24, 2.45) is 5.92 Å². The van der Waals surface area contributed by atoms with Crippen LogP contribution in [-0.2, 0) is 16.0 Å². The van der Waals surface area contributed by atoms with Crippen LogP contribution in [-0.4, -0.2) is 55.1 Å². The number of carboxylic acid groups (broad SMARTS) is 1. The van der Waals surface area contributed by atoms with Crippen molar-refractivity contribution in [3.05, 3.63) is 41.2 Å². The Morgan fingerprint density at radius 2 is 2.21 bits per heavy atom. The molecule has 9 heteroatoms. The van der Waals surface area contributed by atoms with Gasteiger partial charge in [0, 0.05) is 43.7 Å². The molecule has 24 heavy (non-hydrogen) atoms. The highest BCUT2D eigenvalue weighted by Gasteiger charge is 2.40. The van der Waals surface area contributed by atoms with Crippen molar-refractivity contribution in [3.8, 4) is 0 Å². The molecule has 126 valence electrons. The van der Waals surface area contributed by atoms with Crippen molar-refractivity contribution in [2.75, 3.05) is 13.1 Å². The molecule has 0 bridgehead atoms. The number of nitrogens with one attached hydrogen (secondary N) is 1. The summed E-state index contributed by atoms with van der Waals surface area (Å²) in [7, 11) is 0. The summed E-state index contributed by atoms with van der Waals surface area (Å²) < 4.78 is 0. The van der Waals surface area contributed by atoms with E-state index in [0.29, 0.717) is 24.5 Å². The summed E-state index contributed by atoms with van der Waals surface area (Å²) in [5.41, 5.74) is 0.696. The molecule has 0 aliphatic carbocycles. The van der Waals surface area contributed by atoms with E-state index in [0.717, 1.165) is 0 Å². The van der Waals surface area contributed by atoms with Gasteiger partial charge in [0.05, 0.1) is 5.92 Å². The molecule has 0 spiro atoms. The largest absolute Gasteiger partial charge is 0.481 e. The molecule has 3 heterocycles. The van der Waals surface area contributed by atoms with Gasteiger partial charge in [0.1, 0.15) is 5.82 Å². The fraction of sp³-hybridized carbons (Fsp3) is 0.400. The zero-order valence-corrected chi connectivity index (χ0v) is 13.5. The monoisotopic (exact) mass is 349 g/mol. The van der Waals surface area contributed by atoms with Crippen LogP contribution in [0.3, 0.4) is 0 Å². The number of aromatic amines is 1. The van der Waals surface area contributed by atoms with Crippen molar-refractivity contribution in [2.45, 2.75) is 18.8 Å². The number of carbonyl (C=O) groups is 2. The van der Waals surface area contributed by atoms with Crippen LogP contribution in [0.15, 0.2) is 24.4 Å². The molecule has 2 aromatic rings. The van der Waals surface area contributed by atoms with E-state index in [1.54, 1.807) is 23.2 Å². The maximum Gasteiger partial charge on any atom is 0.309 e. The normalized spacial score (nSPS) is 20.3. The summed E-state index contributed by atoms with van der Waals surface area (Å²) in [6.07, 6.45) is 2.22. The number of hydrogen-bond acceptors (Lipinski definition) is 5. The highest BCUT2D eigenvalue weighted by atomic mass is 35.5. The zero-order chi connectivity index (χ0) is 17.1. The SMILES string of the molecule is O=C(O)[C@@H]1CN(C(=O)CCc2nc(Cl)n[nH]2)C[C@H]1c1ccccn1. The Balaban J connectivity index is 1.66. The molecule has 0 radical (unpaired) electrons. The average Bonchev–Trinajstić information content (AvgIpc) is 3.20. The van der Waals surface area contributed by atoms with Crippen molar-refractivity contribution < 1.29 is 14.7 Å². The van der Waals surface area contributed by atoms with E-state index in [1.807, 2.05) is 6.07 Å². The third-order valence-electron chi connectivity index (χ3n) is 4.14. The van der Waals surface area contributed by atoms with Gasteiger partial charge >= 0.3 is 5.97 Å². The van der Waals surface area contributed by atoms with Gasteiger partial charge in [-0.1, -0.05) is 6.07 Å². The minimum absolute atomic E-state index is 0.111. The van der Waals surface area contributed by atoms with Gasteiger partial charge < -0.3 is 10.0 Å². The topological polar surface area (TPSA) is 112 Å². The van der Waals surface area contributed by atoms with Gasteiger partial charge in [0.25, 0.3) is 0 Å². The van der Waals surface area contributed by atoms with Crippen LogP contribution in [0.1, 0.15) is 23.9 Å². The summed E-state index contributed by atoms with van der Waals surface area (Å²) in [6.45, 7) is 0.538. The van der Waals surface area contributed by atoms with Crippen LogP contribution in [0.5, 0.6) is 0 Å². The lowest BCUT2D eigenvalue weighted by atomic mass is 9.93. The third kappa shape index (κ3) is 3.53. The second-order valence-electron chi connectivity index (χ2n) is 5.66. The highest BCUT2D eigenvalue weighted by molar-refractivity contribution is 6.28. The number of aromatic nitrogens is 4. The molecular formula is C15H16ClN5O3. The van der Waals surface area contributed by atoms with Crippen molar-refractivity contribution in [1.29, 1.82) is 0 Å². The zero-order valence-electron chi connectivity index (χ0n) is 12.7. The molecule has 0 saturated carbocycles. The third-order valence-corrected chi connectivity index (χ3v) is 4.31. The molecule has 1 amide bonds. The number of likely N-dealkylation sites (tertiary alicyclic amines) is 1. The van der Waals surface area contributed by atoms with Crippen LogP contribution in [0.2, 0.25) is 5.28 Å². The minimum Gasteiger partial charge on any atom is -0.481 e. The first-order chi connectivity index (χ1) is 11.5. The lowest BCUT2D eigenvalue weighted by molar-refractivity contribution is -0.141. The number of carboxylic acids is 1. The first kappa shape index (κ1) is 16.4. The molecule has 3 rings (SSSR count). The lowest BCUT2D eigenvalue weighted by Gasteiger charge is -2.15. The van der Waals surface area contributed by atoms with E-state index >= 15 is 0 Å². The Morgan fingerprint density at radius 3 is 2.83 bits per heavy atom. The fourth-order valence-electron chi connectivity index (χ4n) is 2.92. The fourth-order valence-corrected chi connectivity index (χ4v) is 3.06. The predicted molar refractivity (Wildman–Crippen MR) is 84.4 cm³/mol. The number of halogens is 1. The number of hydrogen-bond donors (Lipinski definition) is 2.